The Morgan fingerprint density at radius 2 is 1.36 bits per heavy atom. The Morgan fingerprint density at radius 3 is 1.92 bits per heavy atom. The molecular weight excluding hydrogens is 764 g/mol. The molecule has 0 saturated carbocycles. The number of esters is 1. The lowest BCUT2D eigenvalue weighted by molar-refractivity contribution is -0.139. The van der Waals surface area contributed by atoms with Crippen molar-refractivity contribution >= 4 is 98.8 Å². The number of carbonyl (C=O) groups excluding carboxylic acids is 4. The smallest absolute Gasteiger partial charge is 0.316 e. The topological polar surface area (TPSA) is 84.0 Å². The van der Waals surface area contributed by atoms with Gasteiger partial charge in [-0.1, -0.05) is 17.7 Å². The highest BCUT2D eigenvalue weighted by molar-refractivity contribution is 9.15. The van der Waals surface area contributed by atoms with Crippen LogP contribution in [0.2, 0.25) is 0 Å². The highest BCUT2D eigenvalue weighted by Crippen LogP contribution is 2.46. The summed E-state index contributed by atoms with van der Waals surface area (Å²) in [6, 6.07) is 10.6. The van der Waals surface area contributed by atoms with E-state index in [-0.39, 0.29) is 35.7 Å². The number of fused-ring (bicyclic) bond motifs is 1. The molecule has 200 valence electrons. The van der Waals surface area contributed by atoms with Gasteiger partial charge in [-0.2, -0.15) is 0 Å². The molecule has 2 aliphatic rings. The monoisotopic (exact) mass is 780 g/mol. The summed E-state index contributed by atoms with van der Waals surface area (Å²) < 4.78 is 7.79. The van der Waals surface area contributed by atoms with E-state index in [0.29, 0.717) is 29.1 Å². The molecular formula is C28H20Br4N2O5. The van der Waals surface area contributed by atoms with Crippen molar-refractivity contribution in [1.29, 1.82) is 0 Å². The van der Waals surface area contributed by atoms with Crippen LogP contribution in [0.15, 0.2) is 54.3 Å². The number of amides is 3. The van der Waals surface area contributed by atoms with Gasteiger partial charge in [-0.3, -0.25) is 19.2 Å². The Kier molecular flexibility index (Phi) is 7.64. The van der Waals surface area contributed by atoms with Gasteiger partial charge in [0.1, 0.15) is 5.75 Å². The molecule has 0 bridgehead atoms. The number of nitrogens with zero attached hydrogens (tertiary/aromatic N) is 2. The van der Waals surface area contributed by atoms with E-state index < -0.39 is 23.7 Å². The number of hydrogen-bond donors (Lipinski definition) is 0. The molecule has 3 amide bonds. The fourth-order valence-corrected chi connectivity index (χ4v) is 7.37. The van der Waals surface area contributed by atoms with E-state index in [1.54, 1.807) is 30.0 Å². The highest BCUT2D eigenvalue weighted by atomic mass is 79.9. The average molecular weight is 784 g/mol. The maximum Gasteiger partial charge on any atom is 0.316 e. The highest BCUT2D eigenvalue weighted by Gasteiger charge is 2.42. The van der Waals surface area contributed by atoms with Gasteiger partial charge >= 0.3 is 5.97 Å². The second kappa shape index (κ2) is 10.6. The fourth-order valence-electron chi connectivity index (χ4n) is 4.92. The molecule has 0 radical (unpaired) electrons. The Bertz CT molecular complexity index is 1570. The van der Waals surface area contributed by atoms with Gasteiger partial charge in [-0.15, -0.1) is 0 Å². The standard InChI is InChI=1S/C28H20Br4N2O5/c1-12-4-6-17(13(2)8-12)33-11-15(10-19(33)35)28(38)39-16-5-7-18(14(3)9-16)34-26(36)20-21(27(34)37)23(30)25(32)24(31)22(20)29/h4-9,15H,10-11H2,1-3H3/t15-/m1/s1. The minimum atomic E-state index is -0.610. The van der Waals surface area contributed by atoms with Gasteiger partial charge in [0.05, 0.1) is 22.7 Å². The molecule has 0 aromatic heterocycles. The van der Waals surface area contributed by atoms with E-state index in [9.17, 15) is 19.2 Å². The molecule has 5 rings (SSSR count). The molecule has 11 heteroatoms. The van der Waals surface area contributed by atoms with Crippen molar-refractivity contribution in [3.8, 4) is 5.75 Å². The van der Waals surface area contributed by atoms with Crippen molar-refractivity contribution < 1.29 is 23.9 Å². The zero-order valence-corrected chi connectivity index (χ0v) is 27.2. The van der Waals surface area contributed by atoms with Crippen molar-refractivity contribution in [2.24, 2.45) is 5.92 Å². The maximum absolute atomic E-state index is 13.4. The summed E-state index contributed by atoms with van der Waals surface area (Å²) in [5, 5.41) is 0. The number of imide groups is 1. The summed E-state index contributed by atoms with van der Waals surface area (Å²) in [7, 11) is 0. The Balaban J connectivity index is 1.35. The number of carbonyl (C=O) groups is 4. The third kappa shape index (κ3) is 4.81. The molecule has 1 saturated heterocycles. The quantitative estimate of drug-likeness (QED) is 0.0905. The number of benzene rings is 3. The zero-order chi connectivity index (χ0) is 28.3. The van der Waals surface area contributed by atoms with Gasteiger partial charge < -0.3 is 9.64 Å². The maximum atomic E-state index is 13.4. The molecule has 1 atom stereocenters. The van der Waals surface area contributed by atoms with Gasteiger partial charge in [0, 0.05) is 36.5 Å². The molecule has 7 nitrogen and oxygen atoms in total. The second-order valence-corrected chi connectivity index (χ2v) is 12.7. The first-order valence-corrected chi connectivity index (χ1v) is 15.0. The minimum Gasteiger partial charge on any atom is -0.426 e. The number of halogens is 4. The van der Waals surface area contributed by atoms with Crippen LogP contribution in [0.4, 0.5) is 11.4 Å². The van der Waals surface area contributed by atoms with Gasteiger partial charge in [0.2, 0.25) is 5.91 Å². The Labute approximate surface area is 258 Å². The minimum absolute atomic E-state index is 0.0626. The fraction of sp³-hybridized carbons (Fsp3) is 0.214. The lowest BCUT2D eigenvalue weighted by atomic mass is 10.1. The third-order valence-corrected chi connectivity index (χ3v) is 11.6. The second-order valence-electron chi connectivity index (χ2n) is 9.52. The van der Waals surface area contributed by atoms with Crippen molar-refractivity contribution in [1.82, 2.24) is 0 Å². The van der Waals surface area contributed by atoms with Crippen molar-refractivity contribution in [2.75, 3.05) is 16.3 Å². The lowest BCUT2D eigenvalue weighted by Gasteiger charge is -2.19. The molecule has 2 heterocycles. The molecule has 1 fully saturated rings. The predicted molar refractivity (Wildman–Crippen MR) is 162 cm³/mol. The first-order chi connectivity index (χ1) is 18.4. The summed E-state index contributed by atoms with van der Waals surface area (Å²) in [5.41, 5.74) is 4.30. The van der Waals surface area contributed by atoms with Crippen LogP contribution in [0, 0.1) is 26.7 Å². The van der Waals surface area contributed by atoms with Crippen LogP contribution in [0.5, 0.6) is 5.75 Å². The van der Waals surface area contributed by atoms with Crippen LogP contribution in [-0.2, 0) is 9.59 Å². The number of rotatable bonds is 4. The number of anilines is 2. The van der Waals surface area contributed by atoms with Crippen LogP contribution in [0.25, 0.3) is 0 Å². The molecule has 3 aromatic rings. The summed E-state index contributed by atoms with van der Waals surface area (Å²) >= 11 is 13.7. The molecule has 39 heavy (non-hydrogen) atoms. The van der Waals surface area contributed by atoms with Crippen LogP contribution in [-0.4, -0.2) is 30.2 Å². The van der Waals surface area contributed by atoms with Gasteiger partial charge in [0.15, 0.2) is 0 Å². The van der Waals surface area contributed by atoms with E-state index in [4.69, 9.17) is 4.74 Å². The van der Waals surface area contributed by atoms with Gasteiger partial charge in [-0.25, -0.2) is 4.90 Å². The van der Waals surface area contributed by atoms with E-state index in [1.165, 1.54) is 0 Å². The van der Waals surface area contributed by atoms with Crippen LogP contribution < -0.4 is 14.5 Å². The molecule has 0 N–H and O–H groups in total. The van der Waals surface area contributed by atoms with E-state index >= 15 is 0 Å². The Morgan fingerprint density at radius 1 is 0.795 bits per heavy atom. The largest absolute Gasteiger partial charge is 0.426 e. The summed E-state index contributed by atoms with van der Waals surface area (Å²) in [5.74, 6) is -1.92. The summed E-state index contributed by atoms with van der Waals surface area (Å²) in [6.45, 7) is 5.89. The van der Waals surface area contributed by atoms with Gasteiger partial charge in [-0.05, 0) is 120 Å². The van der Waals surface area contributed by atoms with Crippen molar-refractivity contribution in [3.63, 3.8) is 0 Å². The molecule has 3 aromatic carbocycles. The molecule has 0 spiro atoms. The van der Waals surface area contributed by atoms with Crippen molar-refractivity contribution in [2.45, 2.75) is 27.2 Å². The molecule has 2 aliphatic heterocycles. The summed E-state index contributed by atoms with van der Waals surface area (Å²) in [4.78, 5) is 55.1. The van der Waals surface area contributed by atoms with E-state index in [1.807, 2.05) is 32.0 Å². The first-order valence-electron chi connectivity index (χ1n) is 11.8. The number of hydrogen-bond acceptors (Lipinski definition) is 5. The molecule has 0 unspecified atom stereocenters. The summed E-state index contributed by atoms with van der Waals surface area (Å²) in [6.07, 6.45) is 0.0626. The van der Waals surface area contributed by atoms with Crippen molar-refractivity contribution in [3.05, 3.63) is 82.1 Å². The van der Waals surface area contributed by atoms with Crippen LogP contribution in [0.1, 0.15) is 43.8 Å². The van der Waals surface area contributed by atoms with Crippen LogP contribution >= 0.6 is 63.7 Å². The first kappa shape index (κ1) is 28.2. The average Bonchev–Trinajstić information content (AvgIpc) is 3.38. The van der Waals surface area contributed by atoms with Gasteiger partial charge in [0.25, 0.3) is 11.8 Å². The number of ether oxygens (including phenoxy) is 1. The predicted octanol–water partition coefficient (Wildman–Crippen LogP) is 7.42. The number of aryl methyl sites for hydroxylation is 3. The van der Waals surface area contributed by atoms with Crippen LogP contribution in [0.3, 0.4) is 0 Å². The SMILES string of the molecule is Cc1ccc(N2C[C@H](C(=O)Oc3ccc(N4C(=O)c5c(Br)c(Br)c(Br)c(Br)c5C4=O)c(C)c3)CC2=O)c(C)c1. The molecule has 0 aliphatic carbocycles. The third-order valence-electron chi connectivity index (χ3n) is 6.83. The lowest BCUT2D eigenvalue weighted by Crippen LogP contribution is -2.30. The van der Waals surface area contributed by atoms with E-state index in [0.717, 1.165) is 21.7 Å². The normalized spacial score (nSPS) is 16.8. The Hall–Kier alpha value is -2.34. The van der Waals surface area contributed by atoms with E-state index in [2.05, 4.69) is 63.7 Å². The zero-order valence-electron chi connectivity index (χ0n) is 20.9.